The van der Waals surface area contributed by atoms with E-state index in [2.05, 4.69) is 97.4 Å². The molecule has 0 amide bonds. The maximum Gasteiger partial charge on any atom is 0.137 e. The Hall–Kier alpha value is -2.92. The number of aromatic nitrogens is 2. The third-order valence-corrected chi connectivity index (χ3v) is 7.86. The maximum atomic E-state index is 6.26. The molecule has 1 atom stereocenters. The first kappa shape index (κ1) is 24.8. The lowest BCUT2D eigenvalue weighted by Crippen LogP contribution is -2.61. The Balaban J connectivity index is 1.42. The molecule has 0 aliphatic carbocycles. The van der Waals surface area contributed by atoms with E-state index in [4.69, 9.17) is 16.6 Å². The lowest BCUT2D eigenvalue weighted by atomic mass is 9.96. The average Bonchev–Trinajstić information content (AvgIpc) is 3.27. The Kier molecular flexibility index (Phi) is 7.29. The standard InChI is InChI=1S/C31H36ClN4/c1-23(2)30(29-24(3)33-31(34-29)26-12-8-5-9-13-26)35-18-20-36(21-19-35,22-25-10-6-4-7-11-25)28-16-14-27(32)15-17-28/h4-17,23,30H,18-22H2,1-3H3,(H,33,34)/q+1. The topological polar surface area (TPSA) is 31.9 Å². The van der Waals surface area contributed by atoms with E-state index >= 15 is 0 Å². The molecule has 186 valence electrons. The number of halogens is 1. The predicted molar refractivity (Wildman–Crippen MR) is 151 cm³/mol. The van der Waals surface area contributed by atoms with Gasteiger partial charge in [0.05, 0.1) is 24.8 Å². The molecule has 1 N–H and O–H groups in total. The van der Waals surface area contributed by atoms with Crippen LogP contribution in [0.4, 0.5) is 5.69 Å². The van der Waals surface area contributed by atoms with Crippen molar-refractivity contribution < 1.29 is 0 Å². The van der Waals surface area contributed by atoms with Gasteiger partial charge >= 0.3 is 0 Å². The zero-order valence-electron chi connectivity index (χ0n) is 21.5. The Morgan fingerprint density at radius 1 is 0.889 bits per heavy atom. The minimum absolute atomic E-state index is 0.280. The lowest BCUT2D eigenvalue weighted by molar-refractivity contribution is 0.0727. The molecular formula is C31H36ClN4+. The fraction of sp³-hybridized carbons (Fsp3) is 0.323. The van der Waals surface area contributed by atoms with Gasteiger partial charge in [-0.15, -0.1) is 0 Å². The second-order valence-electron chi connectivity index (χ2n) is 10.4. The summed E-state index contributed by atoms with van der Waals surface area (Å²) in [5, 5.41) is 0.790. The molecule has 1 fully saturated rings. The first-order valence-electron chi connectivity index (χ1n) is 13.0. The zero-order valence-corrected chi connectivity index (χ0v) is 22.2. The number of imidazole rings is 1. The normalized spacial score (nSPS) is 16.8. The second kappa shape index (κ2) is 10.6. The van der Waals surface area contributed by atoms with Crippen LogP contribution in [0.1, 0.15) is 36.8 Å². The molecule has 1 aromatic heterocycles. The van der Waals surface area contributed by atoms with Crippen LogP contribution in [0.15, 0.2) is 84.9 Å². The molecule has 0 saturated carbocycles. The van der Waals surface area contributed by atoms with Gasteiger partial charge < -0.3 is 4.98 Å². The molecule has 0 bridgehead atoms. The van der Waals surface area contributed by atoms with E-state index in [0.717, 1.165) is 53.6 Å². The summed E-state index contributed by atoms with van der Waals surface area (Å²) in [5.41, 5.74) is 6.19. The summed E-state index contributed by atoms with van der Waals surface area (Å²) in [6, 6.07) is 30.1. The van der Waals surface area contributed by atoms with E-state index in [1.54, 1.807) is 0 Å². The van der Waals surface area contributed by atoms with E-state index in [-0.39, 0.29) is 6.04 Å². The molecule has 1 saturated heterocycles. The Morgan fingerprint density at radius 2 is 1.50 bits per heavy atom. The molecule has 1 aliphatic rings. The SMILES string of the molecule is Cc1[nH]c(-c2ccccc2)nc1C(C(C)C)N1CC[N+](Cc2ccccc2)(c2ccc(Cl)cc2)CC1. The van der Waals surface area contributed by atoms with Gasteiger partial charge in [0, 0.05) is 47.1 Å². The van der Waals surface area contributed by atoms with Crippen LogP contribution in [0.2, 0.25) is 5.02 Å². The van der Waals surface area contributed by atoms with Crippen molar-refractivity contribution in [1.29, 1.82) is 0 Å². The minimum Gasteiger partial charge on any atom is -0.342 e. The molecule has 36 heavy (non-hydrogen) atoms. The quantitative estimate of drug-likeness (QED) is 0.271. The molecule has 2 heterocycles. The highest BCUT2D eigenvalue weighted by Gasteiger charge is 2.39. The summed E-state index contributed by atoms with van der Waals surface area (Å²) >= 11 is 6.26. The molecule has 4 aromatic rings. The molecular weight excluding hydrogens is 464 g/mol. The zero-order chi connectivity index (χ0) is 25.1. The summed E-state index contributed by atoms with van der Waals surface area (Å²) in [5.74, 6) is 1.42. The van der Waals surface area contributed by atoms with Gasteiger partial charge in [-0.3, -0.25) is 9.38 Å². The number of rotatable bonds is 7. The summed E-state index contributed by atoms with van der Waals surface area (Å²) in [7, 11) is 0. The van der Waals surface area contributed by atoms with E-state index in [9.17, 15) is 0 Å². The van der Waals surface area contributed by atoms with Crippen LogP contribution in [-0.4, -0.2) is 41.0 Å². The van der Waals surface area contributed by atoms with Crippen LogP contribution in [0, 0.1) is 12.8 Å². The largest absolute Gasteiger partial charge is 0.342 e. The number of benzene rings is 3. The van der Waals surface area contributed by atoms with E-state index in [1.807, 2.05) is 18.2 Å². The average molecular weight is 500 g/mol. The van der Waals surface area contributed by atoms with Crippen LogP contribution in [-0.2, 0) is 6.54 Å². The van der Waals surface area contributed by atoms with Gasteiger partial charge in [-0.25, -0.2) is 4.98 Å². The summed E-state index contributed by atoms with van der Waals surface area (Å²) in [6.07, 6.45) is 0. The van der Waals surface area contributed by atoms with Crippen LogP contribution in [0.25, 0.3) is 11.4 Å². The number of quaternary nitrogens is 1. The maximum absolute atomic E-state index is 6.26. The monoisotopic (exact) mass is 499 g/mol. The van der Waals surface area contributed by atoms with E-state index in [0.29, 0.717) is 5.92 Å². The molecule has 5 heteroatoms. The summed E-state index contributed by atoms with van der Waals surface area (Å²) < 4.78 is 0.942. The summed E-state index contributed by atoms with van der Waals surface area (Å²) in [6.45, 7) is 11.9. The molecule has 1 aliphatic heterocycles. The van der Waals surface area contributed by atoms with Crippen molar-refractivity contribution >= 4 is 17.3 Å². The molecule has 4 nitrogen and oxygen atoms in total. The molecule has 1 unspecified atom stereocenters. The van der Waals surface area contributed by atoms with Gasteiger partial charge in [0.1, 0.15) is 18.1 Å². The molecule has 0 radical (unpaired) electrons. The lowest BCUT2D eigenvalue weighted by Gasteiger charge is -2.47. The van der Waals surface area contributed by atoms with E-state index < -0.39 is 0 Å². The van der Waals surface area contributed by atoms with Gasteiger partial charge in [0.2, 0.25) is 0 Å². The van der Waals surface area contributed by atoms with Crippen molar-refractivity contribution in [2.45, 2.75) is 33.4 Å². The first-order valence-corrected chi connectivity index (χ1v) is 13.4. The van der Waals surface area contributed by atoms with Crippen molar-refractivity contribution in [3.8, 4) is 11.4 Å². The second-order valence-corrected chi connectivity index (χ2v) is 10.8. The minimum atomic E-state index is 0.280. The molecule has 3 aromatic carbocycles. The number of nitrogens with zero attached hydrogens (tertiary/aromatic N) is 3. The van der Waals surface area contributed by atoms with Crippen molar-refractivity contribution in [2.24, 2.45) is 5.92 Å². The first-order chi connectivity index (χ1) is 17.4. The number of hydrogen-bond acceptors (Lipinski definition) is 2. The van der Waals surface area contributed by atoms with Crippen molar-refractivity contribution in [3.05, 3.63) is 107 Å². The fourth-order valence-corrected chi connectivity index (χ4v) is 5.87. The van der Waals surface area contributed by atoms with Crippen LogP contribution >= 0.6 is 11.6 Å². The van der Waals surface area contributed by atoms with Gasteiger partial charge in [-0.05, 0) is 25.0 Å². The third-order valence-electron chi connectivity index (χ3n) is 7.61. The van der Waals surface area contributed by atoms with Gasteiger partial charge in [-0.2, -0.15) is 0 Å². The van der Waals surface area contributed by atoms with Crippen LogP contribution < -0.4 is 4.48 Å². The van der Waals surface area contributed by atoms with Crippen molar-refractivity contribution in [1.82, 2.24) is 19.4 Å². The van der Waals surface area contributed by atoms with Crippen LogP contribution in [0.3, 0.4) is 0 Å². The van der Waals surface area contributed by atoms with Gasteiger partial charge in [0.15, 0.2) is 0 Å². The molecule has 0 spiro atoms. The Labute approximate surface area is 220 Å². The third kappa shape index (κ3) is 5.12. The predicted octanol–water partition coefficient (Wildman–Crippen LogP) is 7.26. The van der Waals surface area contributed by atoms with E-state index in [1.165, 1.54) is 22.6 Å². The highest BCUT2D eigenvalue weighted by atomic mass is 35.5. The molecule has 5 rings (SSSR count). The van der Waals surface area contributed by atoms with Gasteiger partial charge in [0.25, 0.3) is 0 Å². The number of nitrogens with one attached hydrogen (secondary N) is 1. The number of aryl methyl sites for hydroxylation is 1. The van der Waals surface area contributed by atoms with Crippen molar-refractivity contribution in [2.75, 3.05) is 26.2 Å². The Bertz CT molecular complexity index is 1260. The number of H-pyrrole nitrogens is 1. The van der Waals surface area contributed by atoms with Gasteiger partial charge in [-0.1, -0.05) is 86.1 Å². The highest BCUT2D eigenvalue weighted by molar-refractivity contribution is 6.30. The number of piperazine rings is 1. The number of hydrogen-bond donors (Lipinski definition) is 1. The smallest absolute Gasteiger partial charge is 0.137 e. The highest BCUT2D eigenvalue weighted by Crippen LogP contribution is 2.36. The fourth-order valence-electron chi connectivity index (χ4n) is 5.74. The van der Waals surface area contributed by atoms with Crippen LogP contribution in [0.5, 0.6) is 0 Å². The van der Waals surface area contributed by atoms with Crippen molar-refractivity contribution in [3.63, 3.8) is 0 Å². The summed E-state index contributed by atoms with van der Waals surface area (Å²) in [4.78, 5) is 11.3. The number of aromatic amines is 1. The Morgan fingerprint density at radius 3 is 2.11 bits per heavy atom.